The van der Waals surface area contributed by atoms with E-state index in [-0.39, 0.29) is 17.3 Å². The molecule has 27 heavy (non-hydrogen) atoms. The van der Waals surface area contributed by atoms with Crippen molar-refractivity contribution in [2.24, 2.45) is 0 Å². The quantitative estimate of drug-likeness (QED) is 0.496. The molecule has 3 aromatic rings. The molecule has 4 nitrogen and oxygen atoms in total. The molecule has 0 bridgehead atoms. The summed E-state index contributed by atoms with van der Waals surface area (Å²) < 4.78 is 26.7. The number of carbonyl (C=O) groups is 1. The summed E-state index contributed by atoms with van der Waals surface area (Å²) in [6.07, 6.45) is 4.44. The van der Waals surface area contributed by atoms with Crippen LogP contribution in [0.4, 0.5) is 14.5 Å². The summed E-state index contributed by atoms with van der Waals surface area (Å²) in [6.45, 7) is 1.84. The third-order valence-electron chi connectivity index (χ3n) is 4.44. The average Bonchev–Trinajstić information content (AvgIpc) is 3.00. The van der Waals surface area contributed by atoms with Gasteiger partial charge in [-0.05, 0) is 50.3 Å². The van der Waals surface area contributed by atoms with Gasteiger partial charge in [-0.1, -0.05) is 11.8 Å². The van der Waals surface area contributed by atoms with Gasteiger partial charge in [-0.15, -0.1) is 11.3 Å². The van der Waals surface area contributed by atoms with Crippen molar-refractivity contribution in [2.75, 3.05) is 11.1 Å². The molecule has 0 aliphatic heterocycles. The third kappa shape index (κ3) is 3.82. The molecule has 1 aliphatic rings. The molecule has 0 radical (unpaired) electrons. The first-order chi connectivity index (χ1) is 13.0. The highest BCUT2D eigenvalue weighted by Gasteiger charge is 2.21. The van der Waals surface area contributed by atoms with E-state index in [0.717, 1.165) is 46.6 Å². The van der Waals surface area contributed by atoms with Crippen LogP contribution >= 0.6 is 23.1 Å². The van der Waals surface area contributed by atoms with E-state index in [1.54, 1.807) is 11.3 Å². The highest BCUT2D eigenvalue weighted by atomic mass is 32.2. The molecule has 2 heterocycles. The van der Waals surface area contributed by atoms with Crippen LogP contribution < -0.4 is 5.32 Å². The molecule has 0 saturated heterocycles. The van der Waals surface area contributed by atoms with Gasteiger partial charge in [-0.2, -0.15) is 0 Å². The van der Waals surface area contributed by atoms with Crippen molar-refractivity contribution in [3.05, 3.63) is 46.1 Å². The molecule has 2 aromatic heterocycles. The van der Waals surface area contributed by atoms with Crippen molar-refractivity contribution in [3.8, 4) is 0 Å². The summed E-state index contributed by atoms with van der Waals surface area (Å²) in [6, 6.07) is 3.08. The first-order valence-corrected chi connectivity index (χ1v) is 10.5. The van der Waals surface area contributed by atoms with Crippen molar-refractivity contribution < 1.29 is 13.6 Å². The lowest BCUT2D eigenvalue weighted by atomic mass is 9.97. The van der Waals surface area contributed by atoms with Gasteiger partial charge >= 0.3 is 0 Å². The van der Waals surface area contributed by atoms with Crippen molar-refractivity contribution in [3.63, 3.8) is 0 Å². The number of hydrogen-bond acceptors (Lipinski definition) is 5. The minimum Gasteiger partial charge on any atom is -0.323 e. The summed E-state index contributed by atoms with van der Waals surface area (Å²) in [5.41, 5.74) is 1.28. The molecule has 8 heteroatoms. The number of anilines is 1. The molecular weight excluding hydrogens is 388 g/mol. The number of thiophene rings is 1. The Morgan fingerprint density at radius 2 is 2.07 bits per heavy atom. The van der Waals surface area contributed by atoms with Gasteiger partial charge < -0.3 is 5.32 Å². The number of rotatable bonds is 4. The van der Waals surface area contributed by atoms with Crippen molar-refractivity contribution in [2.45, 2.75) is 37.6 Å². The number of hydrogen-bond donors (Lipinski definition) is 1. The van der Waals surface area contributed by atoms with Crippen LogP contribution in [0, 0.1) is 18.6 Å². The Kier molecular flexibility index (Phi) is 5.10. The Hall–Kier alpha value is -2.06. The smallest absolute Gasteiger partial charge is 0.234 e. The van der Waals surface area contributed by atoms with E-state index < -0.39 is 11.6 Å². The molecule has 1 aromatic carbocycles. The van der Waals surface area contributed by atoms with Crippen LogP contribution in [0.2, 0.25) is 0 Å². The normalized spacial score (nSPS) is 13.6. The lowest BCUT2D eigenvalue weighted by Gasteiger charge is -2.12. The second-order valence-corrected chi connectivity index (χ2v) is 8.48. The number of nitrogens with one attached hydrogen (secondary N) is 1. The SMILES string of the molecule is Cc1nc(SCC(=O)Nc2ccc(F)cc2F)c2c3c(sc2n1)CCCC3. The number of aromatic nitrogens is 2. The summed E-state index contributed by atoms with van der Waals surface area (Å²) in [7, 11) is 0. The van der Waals surface area contributed by atoms with Crippen LogP contribution in [0.15, 0.2) is 23.2 Å². The van der Waals surface area contributed by atoms with E-state index >= 15 is 0 Å². The summed E-state index contributed by atoms with van der Waals surface area (Å²) >= 11 is 3.04. The second kappa shape index (κ2) is 7.52. The van der Waals surface area contributed by atoms with Gasteiger partial charge in [-0.3, -0.25) is 4.79 Å². The highest BCUT2D eigenvalue weighted by Crippen LogP contribution is 2.39. The van der Waals surface area contributed by atoms with Gasteiger partial charge in [0.2, 0.25) is 5.91 Å². The van der Waals surface area contributed by atoms with Gasteiger partial charge in [0.1, 0.15) is 27.3 Å². The largest absolute Gasteiger partial charge is 0.323 e. The average molecular weight is 405 g/mol. The molecule has 1 amide bonds. The van der Waals surface area contributed by atoms with Crippen molar-refractivity contribution in [1.82, 2.24) is 9.97 Å². The summed E-state index contributed by atoms with van der Waals surface area (Å²) in [4.78, 5) is 23.7. The van der Waals surface area contributed by atoms with Crippen molar-refractivity contribution in [1.29, 1.82) is 0 Å². The molecule has 4 rings (SSSR count). The Balaban J connectivity index is 1.54. The highest BCUT2D eigenvalue weighted by molar-refractivity contribution is 8.00. The van der Waals surface area contributed by atoms with Crippen LogP contribution in [0.3, 0.4) is 0 Å². The van der Waals surface area contributed by atoms with E-state index in [1.165, 1.54) is 34.7 Å². The Labute approximate surface area is 163 Å². The monoisotopic (exact) mass is 405 g/mol. The minimum atomic E-state index is -0.791. The van der Waals surface area contributed by atoms with Crippen LogP contribution in [0.25, 0.3) is 10.2 Å². The van der Waals surface area contributed by atoms with Gasteiger partial charge in [0.25, 0.3) is 0 Å². The fourth-order valence-corrected chi connectivity index (χ4v) is 5.51. The molecule has 0 unspecified atom stereocenters. The minimum absolute atomic E-state index is 0.0288. The van der Waals surface area contributed by atoms with E-state index in [9.17, 15) is 13.6 Å². The maximum atomic E-state index is 13.7. The number of benzene rings is 1. The van der Waals surface area contributed by atoms with Gasteiger partial charge in [0.05, 0.1) is 11.4 Å². The topological polar surface area (TPSA) is 54.9 Å². The first-order valence-electron chi connectivity index (χ1n) is 8.68. The maximum absolute atomic E-state index is 13.7. The molecule has 1 N–H and O–H groups in total. The lowest BCUT2D eigenvalue weighted by Crippen LogP contribution is -2.15. The Bertz CT molecular complexity index is 1040. The zero-order valence-electron chi connectivity index (χ0n) is 14.6. The van der Waals surface area contributed by atoms with Crippen LogP contribution in [0.1, 0.15) is 29.1 Å². The molecule has 140 valence electrons. The predicted octanol–water partition coefficient (Wildman–Crippen LogP) is 4.89. The maximum Gasteiger partial charge on any atom is 0.234 e. The molecule has 0 fully saturated rings. The number of carbonyl (C=O) groups excluding carboxylic acids is 1. The molecule has 0 spiro atoms. The predicted molar refractivity (Wildman–Crippen MR) is 105 cm³/mol. The third-order valence-corrected chi connectivity index (χ3v) is 6.60. The van der Waals surface area contributed by atoms with Crippen LogP contribution in [0.5, 0.6) is 0 Å². The number of nitrogens with zero attached hydrogens (tertiary/aromatic N) is 2. The molecule has 0 saturated carbocycles. The zero-order valence-corrected chi connectivity index (χ0v) is 16.3. The van der Waals surface area contributed by atoms with Gasteiger partial charge in [0, 0.05) is 16.3 Å². The number of thioether (sulfide) groups is 1. The lowest BCUT2D eigenvalue weighted by molar-refractivity contribution is -0.113. The van der Waals surface area contributed by atoms with E-state index in [2.05, 4.69) is 15.3 Å². The van der Waals surface area contributed by atoms with Crippen LogP contribution in [-0.2, 0) is 17.6 Å². The Morgan fingerprint density at radius 1 is 1.26 bits per heavy atom. The molecule has 1 aliphatic carbocycles. The van der Waals surface area contributed by atoms with E-state index in [4.69, 9.17) is 0 Å². The molecular formula is C19H17F2N3OS2. The van der Waals surface area contributed by atoms with E-state index in [0.29, 0.717) is 5.82 Å². The first kappa shape index (κ1) is 18.3. The number of halogens is 2. The molecule has 0 atom stereocenters. The number of aryl methyl sites for hydroxylation is 3. The van der Waals surface area contributed by atoms with E-state index in [1.807, 2.05) is 6.92 Å². The number of fused-ring (bicyclic) bond motifs is 3. The van der Waals surface area contributed by atoms with Gasteiger partial charge in [0.15, 0.2) is 0 Å². The number of amides is 1. The standard InChI is InChI=1S/C19H17F2N3OS2/c1-10-22-18(17-12-4-2-3-5-15(12)27-19(17)23-10)26-9-16(25)24-14-7-6-11(20)8-13(14)21/h6-8H,2-5,9H2,1H3,(H,24,25). The van der Waals surface area contributed by atoms with Crippen LogP contribution in [-0.4, -0.2) is 21.6 Å². The Morgan fingerprint density at radius 3 is 2.89 bits per heavy atom. The summed E-state index contributed by atoms with van der Waals surface area (Å²) in [5, 5.41) is 4.34. The fourth-order valence-electron chi connectivity index (χ4n) is 3.24. The fraction of sp³-hybridized carbons (Fsp3) is 0.316. The zero-order chi connectivity index (χ0) is 19.0. The van der Waals surface area contributed by atoms with Gasteiger partial charge in [-0.25, -0.2) is 18.7 Å². The second-order valence-electron chi connectivity index (χ2n) is 6.43. The summed E-state index contributed by atoms with van der Waals surface area (Å²) in [5.74, 6) is -1.07. The van der Waals surface area contributed by atoms with Crippen molar-refractivity contribution >= 4 is 44.9 Å².